The highest BCUT2D eigenvalue weighted by molar-refractivity contribution is 7.99. The third kappa shape index (κ3) is 3.83. The molecular formula is C19H24N4S2. The first-order valence-corrected chi connectivity index (χ1v) is 10.4. The van der Waals surface area contributed by atoms with Crippen LogP contribution in [0.25, 0.3) is 10.7 Å². The monoisotopic (exact) mass is 372 g/mol. The standard InChI is InChI=1S/C19H24N4S2/c1-5-9-23-17(21-22-18(23)24-10-8-20)16-12-13-11-14(19(2,3)4)6-7-15(13)25-16/h5,12,14H,1,6-7,9-11H2,2-4H3. The fourth-order valence-corrected chi connectivity index (χ4v) is 5.15. The fraction of sp³-hybridized carbons (Fsp3) is 0.526. The summed E-state index contributed by atoms with van der Waals surface area (Å²) >= 11 is 3.27. The quantitative estimate of drug-likeness (QED) is 0.550. The average molecular weight is 373 g/mol. The second-order valence-electron chi connectivity index (χ2n) is 7.52. The summed E-state index contributed by atoms with van der Waals surface area (Å²) in [4.78, 5) is 2.67. The van der Waals surface area contributed by atoms with E-state index < -0.39 is 0 Å². The molecular weight excluding hydrogens is 348 g/mol. The third-order valence-corrected chi connectivity index (χ3v) is 6.89. The van der Waals surface area contributed by atoms with Crippen LogP contribution in [-0.2, 0) is 19.4 Å². The fourth-order valence-electron chi connectivity index (χ4n) is 3.34. The highest BCUT2D eigenvalue weighted by Crippen LogP contribution is 2.42. The smallest absolute Gasteiger partial charge is 0.192 e. The van der Waals surface area contributed by atoms with Crippen molar-refractivity contribution < 1.29 is 0 Å². The van der Waals surface area contributed by atoms with Crippen molar-refractivity contribution in [1.82, 2.24) is 14.8 Å². The van der Waals surface area contributed by atoms with Crippen LogP contribution in [0, 0.1) is 22.7 Å². The van der Waals surface area contributed by atoms with Crippen molar-refractivity contribution in [2.75, 3.05) is 5.75 Å². The lowest BCUT2D eigenvalue weighted by atomic mass is 9.72. The Balaban J connectivity index is 1.91. The van der Waals surface area contributed by atoms with Crippen molar-refractivity contribution in [3.05, 3.63) is 29.2 Å². The Bertz CT molecular complexity index is 804. The molecule has 1 aliphatic rings. The summed E-state index contributed by atoms with van der Waals surface area (Å²) in [6.45, 7) is 11.5. The zero-order valence-electron chi connectivity index (χ0n) is 15.1. The Morgan fingerprint density at radius 1 is 1.48 bits per heavy atom. The maximum Gasteiger partial charge on any atom is 0.192 e. The topological polar surface area (TPSA) is 54.5 Å². The molecule has 0 aliphatic heterocycles. The van der Waals surface area contributed by atoms with E-state index in [9.17, 15) is 0 Å². The molecule has 0 N–H and O–H groups in total. The molecule has 0 radical (unpaired) electrons. The number of nitriles is 1. The first kappa shape index (κ1) is 18.2. The normalized spacial score (nSPS) is 17.1. The van der Waals surface area contributed by atoms with Gasteiger partial charge in [0, 0.05) is 11.4 Å². The predicted octanol–water partition coefficient (Wildman–Crippen LogP) is 4.96. The molecule has 1 aliphatic carbocycles. The molecule has 25 heavy (non-hydrogen) atoms. The van der Waals surface area contributed by atoms with E-state index in [4.69, 9.17) is 5.26 Å². The Morgan fingerprint density at radius 2 is 2.28 bits per heavy atom. The molecule has 1 unspecified atom stereocenters. The lowest BCUT2D eigenvalue weighted by Crippen LogP contribution is -2.26. The number of aromatic nitrogens is 3. The molecule has 0 bridgehead atoms. The van der Waals surface area contributed by atoms with Crippen LogP contribution >= 0.6 is 23.1 Å². The van der Waals surface area contributed by atoms with Crippen LogP contribution < -0.4 is 0 Å². The second kappa shape index (κ2) is 7.35. The van der Waals surface area contributed by atoms with Gasteiger partial charge in [-0.3, -0.25) is 4.57 Å². The zero-order chi connectivity index (χ0) is 18.0. The Morgan fingerprint density at radius 3 is 2.96 bits per heavy atom. The van der Waals surface area contributed by atoms with E-state index in [2.05, 4.69) is 54.3 Å². The van der Waals surface area contributed by atoms with Crippen molar-refractivity contribution in [2.45, 2.75) is 51.7 Å². The minimum atomic E-state index is 0.351. The lowest BCUT2D eigenvalue weighted by Gasteiger charge is -2.33. The molecule has 0 saturated heterocycles. The third-order valence-electron chi connectivity index (χ3n) is 4.82. The van der Waals surface area contributed by atoms with E-state index >= 15 is 0 Å². The Labute approximate surface area is 158 Å². The zero-order valence-corrected chi connectivity index (χ0v) is 16.7. The number of aryl methyl sites for hydroxylation is 1. The maximum atomic E-state index is 8.83. The van der Waals surface area contributed by atoms with Gasteiger partial charge in [-0.1, -0.05) is 38.6 Å². The number of allylic oxidation sites excluding steroid dienone is 1. The van der Waals surface area contributed by atoms with Gasteiger partial charge in [0.15, 0.2) is 11.0 Å². The van der Waals surface area contributed by atoms with Gasteiger partial charge in [0.05, 0.1) is 16.7 Å². The van der Waals surface area contributed by atoms with Crippen molar-refractivity contribution in [3.63, 3.8) is 0 Å². The summed E-state index contributed by atoms with van der Waals surface area (Å²) in [7, 11) is 0. The van der Waals surface area contributed by atoms with Crippen LogP contribution in [-0.4, -0.2) is 20.5 Å². The highest BCUT2D eigenvalue weighted by Gasteiger charge is 2.30. The van der Waals surface area contributed by atoms with Crippen molar-refractivity contribution in [1.29, 1.82) is 5.26 Å². The van der Waals surface area contributed by atoms with E-state index in [1.165, 1.54) is 33.5 Å². The molecule has 0 fully saturated rings. The first-order valence-electron chi connectivity index (χ1n) is 8.59. The molecule has 132 valence electrons. The minimum Gasteiger partial charge on any atom is -0.297 e. The summed E-state index contributed by atoms with van der Waals surface area (Å²) < 4.78 is 2.06. The largest absolute Gasteiger partial charge is 0.297 e. The van der Waals surface area contributed by atoms with Gasteiger partial charge in [-0.2, -0.15) is 5.26 Å². The van der Waals surface area contributed by atoms with Gasteiger partial charge >= 0.3 is 0 Å². The maximum absolute atomic E-state index is 8.83. The van der Waals surface area contributed by atoms with Crippen LogP contribution in [0.2, 0.25) is 0 Å². The van der Waals surface area contributed by atoms with Gasteiger partial charge in [0.1, 0.15) is 0 Å². The van der Waals surface area contributed by atoms with Gasteiger partial charge in [-0.05, 0) is 42.2 Å². The molecule has 0 aromatic carbocycles. The van der Waals surface area contributed by atoms with Crippen LogP contribution in [0.1, 0.15) is 37.6 Å². The molecule has 2 aromatic heterocycles. The number of hydrogen-bond acceptors (Lipinski definition) is 5. The van der Waals surface area contributed by atoms with Gasteiger partial charge in [-0.15, -0.1) is 28.1 Å². The number of hydrogen-bond donors (Lipinski definition) is 0. The minimum absolute atomic E-state index is 0.351. The molecule has 1 atom stereocenters. The van der Waals surface area contributed by atoms with Crippen molar-refractivity contribution in [3.8, 4) is 16.8 Å². The van der Waals surface area contributed by atoms with Crippen LogP contribution in [0.5, 0.6) is 0 Å². The number of nitrogens with zero attached hydrogens (tertiary/aromatic N) is 4. The summed E-state index contributed by atoms with van der Waals surface area (Å²) in [6, 6.07) is 4.46. The SMILES string of the molecule is C=CCn1c(SCC#N)nnc1-c1cc2c(s1)CCC(C(C)(C)C)C2. The molecule has 0 amide bonds. The van der Waals surface area contributed by atoms with E-state index in [1.807, 2.05) is 17.4 Å². The van der Waals surface area contributed by atoms with Crippen LogP contribution in [0.3, 0.4) is 0 Å². The van der Waals surface area contributed by atoms with Crippen molar-refractivity contribution >= 4 is 23.1 Å². The van der Waals surface area contributed by atoms with Gasteiger partial charge < -0.3 is 0 Å². The van der Waals surface area contributed by atoms with E-state index in [0.29, 0.717) is 17.7 Å². The predicted molar refractivity (Wildman–Crippen MR) is 105 cm³/mol. The lowest BCUT2D eigenvalue weighted by molar-refractivity contribution is 0.217. The Hall–Kier alpha value is -1.58. The molecule has 6 heteroatoms. The van der Waals surface area contributed by atoms with Gasteiger partial charge in [0.2, 0.25) is 0 Å². The molecule has 2 aromatic rings. The Kier molecular flexibility index (Phi) is 5.35. The summed E-state index contributed by atoms with van der Waals surface area (Å²) in [5.74, 6) is 2.01. The van der Waals surface area contributed by atoms with E-state index in [1.54, 1.807) is 0 Å². The summed E-state index contributed by atoms with van der Waals surface area (Å²) in [6.07, 6.45) is 5.43. The van der Waals surface area contributed by atoms with Crippen LogP contribution in [0.4, 0.5) is 0 Å². The molecule has 3 rings (SSSR count). The second-order valence-corrected chi connectivity index (χ2v) is 9.60. The summed E-state index contributed by atoms with van der Waals surface area (Å²) in [5.41, 5.74) is 1.83. The number of rotatable bonds is 5. The highest BCUT2D eigenvalue weighted by atomic mass is 32.2. The van der Waals surface area contributed by atoms with Gasteiger partial charge in [-0.25, -0.2) is 0 Å². The van der Waals surface area contributed by atoms with Crippen LogP contribution in [0.15, 0.2) is 23.9 Å². The number of fused-ring (bicyclic) bond motifs is 1. The van der Waals surface area contributed by atoms with Gasteiger partial charge in [0.25, 0.3) is 0 Å². The molecule has 2 heterocycles. The number of thioether (sulfide) groups is 1. The average Bonchev–Trinajstić information content (AvgIpc) is 3.15. The number of thiophene rings is 1. The molecule has 0 spiro atoms. The first-order chi connectivity index (χ1) is 11.9. The van der Waals surface area contributed by atoms with E-state index in [-0.39, 0.29) is 0 Å². The molecule has 0 saturated carbocycles. The molecule has 4 nitrogen and oxygen atoms in total. The summed E-state index contributed by atoms with van der Waals surface area (Å²) in [5, 5.41) is 18.3. The van der Waals surface area contributed by atoms with E-state index in [0.717, 1.165) is 29.7 Å². The van der Waals surface area contributed by atoms with Crippen molar-refractivity contribution in [2.24, 2.45) is 11.3 Å².